The summed E-state index contributed by atoms with van der Waals surface area (Å²) in [6.07, 6.45) is 7.82. The van der Waals surface area contributed by atoms with Gasteiger partial charge in [-0.2, -0.15) is 0 Å². The Hall–Kier alpha value is -1.83. The summed E-state index contributed by atoms with van der Waals surface area (Å²) in [5.74, 6) is 0.197. The van der Waals surface area contributed by atoms with Crippen LogP contribution in [0.5, 0.6) is 0 Å². The molecule has 0 amide bonds. The highest BCUT2D eigenvalue weighted by atomic mass is 16.1. The minimum absolute atomic E-state index is 0.197. The Kier molecular flexibility index (Phi) is 6.00. The lowest BCUT2D eigenvalue weighted by Gasteiger charge is -2.06. The van der Waals surface area contributed by atoms with E-state index in [4.69, 9.17) is 0 Å². The van der Waals surface area contributed by atoms with Crippen LogP contribution in [0.2, 0.25) is 0 Å². The van der Waals surface area contributed by atoms with E-state index < -0.39 is 0 Å². The lowest BCUT2D eigenvalue weighted by Crippen LogP contribution is -2.04. The van der Waals surface area contributed by atoms with Crippen LogP contribution in [-0.2, 0) is 19.4 Å². The Balaban J connectivity index is 2.13. The van der Waals surface area contributed by atoms with E-state index in [1.54, 1.807) is 6.92 Å². The van der Waals surface area contributed by atoms with Crippen molar-refractivity contribution in [2.75, 3.05) is 0 Å². The summed E-state index contributed by atoms with van der Waals surface area (Å²) in [6, 6.07) is 10.5. The van der Waals surface area contributed by atoms with Gasteiger partial charge in [-0.05, 0) is 44.2 Å². The summed E-state index contributed by atoms with van der Waals surface area (Å²) in [6.45, 7) is 6.91. The van der Waals surface area contributed by atoms with Crippen LogP contribution in [0.1, 0.15) is 60.3 Å². The number of Topliss-reactive ketones (excluding diaryl/α,β-unsaturated/α-hetero) is 1. The molecule has 0 fully saturated rings. The fourth-order valence-corrected chi connectivity index (χ4v) is 3.09. The van der Waals surface area contributed by atoms with Gasteiger partial charge < -0.3 is 4.57 Å². The minimum atomic E-state index is 0.197. The molecular formula is C20H27NO. The molecule has 0 aliphatic heterocycles. The van der Waals surface area contributed by atoms with Gasteiger partial charge in [0.15, 0.2) is 5.78 Å². The molecule has 0 N–H and O–H groups in total. The van der Waals surface area contributed by atoms with Crippen LogP contribution in [-0.4, -0.2) is 10.4 Å². The third-order valence-electron chi connectivity index (χ3n) is 4.31. The first-order chi connectivity index (χ1) is 10.6. The molecule has 2 heteroatoms. The van der Waals surface area contributed by atoms with Gasteiger partial charge in [0.25, 0.3) is 0 Å². The lowest BCUT2D eigenvalue weighted by molar-refractivity contribution is 0.101. The van der Waals surface area contributed by atoms with Crippen molar-refractivity contribution in [1.82, 2.24) is 4.57 Å². The number of aryl methyl sites for hydroxylation is 3. The molecule has 2 nitrogen and oxygen atoms in total. The van der Waals surface area contributed by atoms with Crippen LogP contribution in [0.4, 0.5) is 0 Å². The minimum Gasteiger partial charge on any atom is -0.350 e. The first-order valence-corrected chi connectivity index (χ1v) is 8.37. The van der Waals surface area contributed by atoms with Gasteiger partial charge in [0.05, 0.1) is 0 Å². The lowest BCUT2D eigenvalue weighted by atomic mass is 10.0. The third-order valence-corrected chi connectivity index (χ3v) is 4.31. The first-order valence-electron chi connectivity index (χ1n) is 8.37. The third kappa shape index (κ3) is 4.09. The summed E-state index contributed by atoms with van der Waals surface area (Å²) >= 11 is 0. The number of aromatic nitrogens is 1. The second-order valence-corrected chi connectivity index (χ2v) is 6.06. The Bertz CT molecular complexity index is 610. The van der Waals surface area contributed by atoms with Crippen molar-refractivity contribution in [3.05, 3.63) is 58.9 Å². The molecule has 1 heterocycles. The van der Waals surface area contributed by atoms with Gasteiger partial charge in [0, 0.05) is 24.0 Å². The van der Waals surface area contributed by atoms with E-state index in [1.165, 1.54) is 30.4 Å². The van der Waals surface area contributed by atoms with Crippen molar-refractivity contribution < 1.29 is 4.79 Å². The Morgan fingerprint density at radius 3 is 2.45 bits per heavy atom. The number of rotatable bonds is 8. The van der Waals surface area contributed by atoms with Gasteiger partial charge in [-0.15, -0.1) is 0 Å². The van der Waals surface area contributed by atoms with E-state index in [-0.39, 0.29) is 5.78 Å². The molecule has 0 aliphatic rings. The Morgan fingerprint density at radius 1 is 1.09 bits per heavy atom. The van der Waals surface area contributed by atoms with Crippen molar-refractivity contribution in [1.29, 1.82) is 0 Å². The summed E-state index contributed by atoms with van der Waals surface area (Å²) < 4.78 is 2.25. The zero-order valence-electron chi connectivity index (χ0n) is 14.1. The average molecular weight is 297 g/mol. The predicted molar refractivity (Wildman–Crippen MR) is 92.5 cm³/mol. The number of carbonyl (C=O) groups is 1. The summed E-state index contributed by atoms with van der Waals surface area (Å²) in [5, 5.41) is 0. The topological polar surface area (TPSA) is 22.0 Å². The number of benzene rings is 1. The molecule has 0 saturated carbocycles. The quantitative estimate of drug-likeness (QED) is 0.498. The van der Waals surface area contributed by atoms with Crippen LogP contribution >= 0.6 is 0 Å². The van der Waals surface area contributed by atoms with E-state index in [1.807, 2.05) is 6.07 Å². The second-order valence-electron chi connectivity index (χ2n) is 6.06. The number of nitrogens with zero attached hydrogens (tertiary/aromatic N) is 1. The molecule has 0 radical (unpaired) electrons. The molecule has 2 rings (SSSR count). The van der Waals surface area contributed by atoms with Gasteiger partial charge in [0.1, 0.15) is 0 Å². The normalized spacial score (nSPS) is 10.9. The maximum Gasteiger partial charge on any atom is 0.161 e. The number of carbonyl (C=O) groups excluding carboxylic acids is 1. The molecular weight excluding hydrogens is 270 g/mol. The molecule has 2 aromatic rings. The maximum atomic E-state index is 12.0. The van der Waals surface area contributed by atoms with Gasteiger partial charge in [-0.25, -0.2) is 0 Å². The number of hydrogen-bond acceptors (Lipinski definition) is 1. The van der Waals surface area contributed by atoms with E-state index in [0.717, 1.165) is 30.6 Å². The Morgan fingerprint density at radius 2 is 1.82 bits per heavy atom. The van der Waals surface area contributed by atoms with E-state index in [0.29, 0.717) is 0 Å². The highest BCUT2D eigenvalue weighted by Gasteiger charge is 2.15. The first kappa shape index (κ1) is 16.5. The van der Waals surface area contributed by atoms with Crippen molar-refractivity contribution in [2.45, 2.75) is 59.4 Å². The van der Waals surface area contributed by atoms with Gasteiger partial charge >= 0.3 is 0 Å². The number of hydrogen-bond donors (Lipinski definition) is 0. The van der Waals surface area contributed by atoms with Crippen molar-refractivity contribution in [2.24, 2.45) is 0 Å². The van der Waals surface area contributed by atoms with Crippen molar-refractivity contribution in [3.63, 3.8) is 0 Å². The van der Waals surface area contributed by atoms with Crippen LogP contribution in [0.25, 0.3) is 0 Å². The molecule has 0 bridgehead atoms. The van der Waals surface area contributed by atoms with Crippen LogP contribution < -0.4 is 0 Å². The Labute approximate surface area is 134 Å². The summed E-state index contributed by atoms with van der Waals surface area (Å²) in [7, 11) is 0. The van der Waals surface area contributed by atoms with Crippen molar-refractivity contribution >= 4 is 5.78 Å². The predicted octanol–water partition coefficient (Wildman–Crippen LogP) is 4.97. The molecule has 0 aliphatic carbocycles. The molecule has 118 valence electrons. The van der Waals surface area contributed by atoms with Gasteiger partial charge in [-0.3, -0.25) is 4.79 Å². The SMILES string of the molecule is CCCCCc1cn(CCc2ccccc2)c(C)c1C(C)=O. The standard InChI is InChI=1S/C20H27NO/c1-4-5-7-12-19-15-21(16(2)20(19)17(3)22)14-13-18-10-8-6-9-11-18/h6,8-11,15H,4-5,7,12-14H2,1-3H3. The monoisotopic (exact) mass is 297 g/mol. The second kappa shape index (κ2) is 7.98. The average Bonchev–Trinajstić information content (AvgIpc) is 2.83. The number of unbranched alkanes of at least 4 members (excludes halogenated alkanes) is 2. The van der Waals surface area contributed by atoms with E-state index >= 15 is 0 Å². The fourth-order valence-electron chi connectivity index (χ4n) is 3.09. The molecule has 0 atom stereocenters. The molecule has 0 saturated heterocycles. The van der Waals surface area contributed by atoms with Crippen LogP contribution in [0.15, 0.2) is 36.5 Å². The molecule has 22 heavy (non-hydrogen) atoms. The fraction of sp³-hybridized carbons (Fsp3) is 0.450. The largest absolute Gasteiger partial charge is 0.350 e. The van der Waals surface area contributed by atoms with Crippen LogP contribution in [0, 0.1) is 6.92 Å². The van der Waals surface area contributed by atoms with Crippen LogP contribution in [0.3, 0.4) is 0 Å². The number of ketones is 1. The molecule has 0 unspecified atom stereocenters. The molecule has 1 aromatic heterocycles. The highest BCUT2D eigenvalue weighted by molar-refractivity contribution is 5.96. The molecule has 1 aromatic carbocycles. The van der Waals surface area contributed by atoms with E-state index in [9.17, 15) is 4.79 Å². The smallest absolute Gasteiger partial charge is 0.161 e. The maximum absolute atomic E-state index is 12.0. The van der Waals surface area contributed by atoms with Gasteiger partial charge in [0.2, 0.25) is 0 Å². The van der Waals surface area contributed by atoms with Crippen molar-refractivity contribution in [3.8, 4) is 0 Å². The zero-order valence-corrected chi connectivity index (χ0v) is 14.1. The molecule has 0 spiro atoms. The highest BCUT2D eigenvalue weighted by Crippen LogP contribution is 2.21. The van der Waals surface area contributed by atoms with Gasteiger partial charge in [-0.1, -0.05) is 50.1 Å². The van der Waals surface area contributed by atoms with E-state index in [2.05, 4.69) is 48.9 Å². The summed E-state index contributed by atoms with van der Waals surface area (Å²) in [5.41, 5.74) is 4.64. The zero-order chi connectivity index (χ0) is 15.9. The summed E-state index contributed by atoms with van der Waals surface area (Å²) in [4.78, 5) is 12.0.